The van der Waals surface area contributed by atoms with E-state index < -0.39 is 24.9 Å². The van der Waals surface area contributed by atoms with Crippen LogP contribution in [0.1, 0.15) is 16.2 Å². The van der Waals surface area contributed by atoms with Crippen LogP contribution in [0.2, 0.25) is 0 Å². The van der Waals surface area contributed by atoms with E-state index in [1.54, 1.807) is 17.7 Å². The molecule has 0 radical (unpaired) electrons. The molecule has 0 aliphatic rings. The number of carbonyl (C=O) groups excluding carboxylic acids is 1. The lowest BCUT2D eigenvalue weighted by atomic mass is 10.3. The van der Waals surface area contributed by atoms with Gasteiger partial charge in [0.05, 0.1) is 18.8 Å². The first kappa shape index (κ1) is 15.1. The van der Waals surface area contributed by atoms with Crippen molar-refractivity contribution in [2.75, 3.05) is 13.1 Å². The number of benzene rings is 1. The Morgan fingerprint density at radius 3 is 2.67 bits per heavy atom. The molecule has 7 heteroatoms. The van der Waals surface area contributed by atoms with Gasteiger partial charge in [-0.3, -0.25) is 4.79 Å². The number of carbonyl (C=O) groups is 1. The van der Waals surface area contributed by atoms with Gasteiger partial charge in [-0.05, 0) is 25.1 Å². The third-order valence-electron chi connectivity index (χ3n) is 2.93. The Bertz CT molecular complexity index is 625. The van der Waals surface area contributed by atoms with Crippen molar-refractivity contribution in [2.45, 2.75) is 12.8 Å². The summed E-state index contributed by atoms with van der Waals surface area (Å²) in [4.78, 5) is 11.8. The van der Waals surface area contributed by atoms with Gasteiger partial charge in [0.1, 0.15) is 0 Å². The quantitative estimate of drug-likeness (QED) is 0.878. The molecule has 0 aliphatic heterocycles. The van der Waals surface area contributed by atoms with Crippen LogP contribution in [0, 0.1) is 6.92 Å². The number of nitrogens with zero attached hydrogens (tertiary/aromatic N) is 2. The van der Waals surface area contributed by atoms with Crippen LogP contribution in [0.3, 0.4) is 0 Å². The Morgan fingerprint density at radius 1 is 1.38 bits per heavy atom. The smallest absolute Gasteiger partial charge is 0.277 e. The van der Waals surface area contributed by atoms with Crippen molar-refractivity contribution in [1.29, 1.82) is 0 Å². The molecule has 1 amide bonds. The fourth-order valence-corrected chi connectivity index (χ4v) is 1.79. The summed E-state index contributed by atoms with van der Waals surface area (Å²) < 4.78 is 27.6. The summed E-state index contributed by atoms with van der Waals surface area (Å²) in [5.74, 6) is -3.77. The number of aromatic nitrogens is 2. The van der Waals surface area contributed by atoms with Crippen LogP contribution in [-0.4, -0.2) is 34.7 Å². The van der Waals surface area contributed by atoms with Gasteiger partial charge in [-0.25, -0.2) is 13.5 Å². The SMILES string of the molecule is Cc1cc(C(=O)NCC(F)(F)CN)nn1-c1ccccc1. The molecule has 0 saturated heterocycles. The van der Waals surface area contributed by atoms with E-state index in [0.29, 0.717) is 0 Å². The normalized spacial score (nSPS) is 11.4. The number of aryl methyl sites for hydroxylation is 1. The van der Waals surface area contributed by atoms with Crippen LogP contribution in [0.5, 0.6) is 0 Å². The Morgan fingerprint density at radius 2 is 2.05 bits per heavy atom. The molecule has 21 heavy (non-hydrogen) atoms. The summed E-state index contributed by atoms with van der Waals surface area (Å²) in [6.45, 7) is 0.162. The van der Waals surface area contributed by atoms with Gasteiger partial charge in [-0.1, -0.05) is 18.2 Å². The Kier molecular flexibility index (Phi) is 4.32. The zero-order valence-corrected chi connectivity index (χ0v) is 11.5. The number of halogens is 2. The van der Waals surface area contributed by atoms with Crippen molar-refractivity contribution < 1.29 is 13.6 Å². The zero-order chi connectivity index (χ0) is 15.5. The number of hydrogen-bond donors (Lipinski definition) is 2. The monoisotopic (exact) mass is 294 g/mol. The predicted molar refractivity (Wildman–Crippen MR) is 74.6 cm³/mol. The highest BCUT2D eigenvalue weighted by molar-refractivity contribution is 5.92. The Labute approximate surface area is 120 Å². The Balaban J connectivity index is 2.14. The summed E-state index contributed by atoms with van der Waals surface area (Å²) in [7, 11) is 0. The van der Waals surface area contributed by atoms with Gasteiger partial charge in [0, 0.05) is 5.69 Å². The first-order valence-electron chi connectivity index (χ1n) is 6.41. The number of amides is 1. The largest absolute Gasteiger partial charge is 0.345 e. The van der Waals surface area contributed by atoms with Crippen LogP contribution in [0.4, 0.5) is 8.78 Å². The highest BCUT2D eigenvalue weighted by Crippen LogP contribution is 2.13. The number of nitrogens with two attached hydrogens (primary N) is 1. The lowest BCUT2D eigenvalue weighted by Crippen LogP contribution is -2.41. The zero-order valence-electron chi connectivity index (χ0n) is 11.5. The molecule has 1 aromatic heterocycles. The minimum absolute atomic E-state index is 0.0872. The second-order valence-corrected chi connectivity index (χ2v) is 4.66. The first-order valence-corrected chi connectivity index (χ1v) is 6.41. The molecule has 1 heterocycles. The second-order valence-electron chi connectivity index (χ2n) is 4.66. The van der Waals surface area contributed by atoms with Gasteiger partial charge in [0.15, 0.2) is 5.69 Å². The molecule has 2 rings (SSSR count). The molecule has 3 N–H and O–H groups in total. The standard InChI is InChI=1S/C14H16F2N4O/c1-10-7-12(13(21)18-9-14(15,16)8-17)19-20(10)11-5-3-2-4-6-11/h2-7H,8-9,17H2,1H3,(H,18,21). The fourth-order valence-electron chi connectivity index (χ4n) is 1.79. The van der Waals surface area contributed by atoms with Gasteiger partial charge >= 0.3 is 0 Å². The third-order valence-corrected chi connectivity index (χ3v) is 2.93. The first-order chi connectivity index (χ1) is 9.93. The molecular weight excluding hydrogens is 278 g/mol. The summed E-state index contributed by atoms with van der Waals surface area (Å²) in [6.07, 6.45) is 0. The van der Waals surface area contributed by atoms with E-state index in [9.17, 15) is 13.6 Å². The minimum Gasteiger partial charge on any atom is -0.345 e. The molecule has 5 nitrogen and oxygen atoms in total. The number of rotatable bonds is 5. The van der Waals surface area contributed by atoms with E-state index in [1.807, 2.05) is 30.3 Å². The van der Waals surface area contributed by atoms with E-state index >= 15 is 0 Å². The maximum Gasteiger partial charge on any atom is 0.277 e. The summed E-state index contributed by atoms with van der Waals surface area (Å²) in [6, 6.07) is 10.8. The van der Waals surface area contributed by atoms with Crippen molar-refractivity contribution >= 4 is 5.91 Å². The van der Waals surface area contributed by atoms with Gasteiger partial charge in [-0.15, -0.1) is 0 Å². The molecule has 0 bridgehead atoms. The van der Waals surface area contributed by atoms with Crippen molar-refractivity contribution in [3.8, 4) is 5.69 Å². The van der Waals surface area contributed by atoms with Crippen LogP contribution in [0.15, 0.2) is 36.4 Å². The van der Waals surface area contributed by atoms with Crippen LogP contribution in [-0.2, 0) is 0 Å². The highest BCUT2D eigenvalue weighted by atomic mass is 19.3. The highest BCUT2D eigenvalue weighted by Gasteiger charge is 2.27. The van der Waals surface area contributed by atoms with Crippen molar-refractivity contribution in [3.05, 3.63) is 47.8 Å². The molecule has 0 fully saturated rings. The van der Waals surface area contributed by atoms with E-state index in [-0.39, 0.29) is 5.69 Å². The van der Waals surface area contributed by atoms with E-state index in [2.05, 4.69) is 10.4 Å². The maximum atomic E-state index is 13.0. The van der Waals surface area contributed by atoms with E-state index in [1.165, 1.54) is 0 Å². The minimum atomic E-state index is -3.12. The number of alkyl halides is 2. The summed E-state index contributed by atoms with van der Waals surface area (Å²) in [5.41, 5.74) is 6.53. The van der Waals surface area contributed by atoms with Gasteiger partial charge in [0.25, 0.3) is 11.8 Å². The lowest BCUT2D eigenvalue weighted by Gasteiger charge is -2.13. The fraction of sp³-hybridized carbons (Fsp3) is 0.286. The number of hydrogen-bond acceptors (Lipinski definition) is 3. The number of para-hydroxylation sites is 1. The van der Waals surface area contributed by atoms with Crippen LogP contribution >= 0.6 is 0 Å². The van der Waals surface area contributed by atoms with Crippen molar-refractivity contribution in [2.24, 2.45) is 5.73 Å². The summed E-state index contributed by atoms with van der Waals surface area (Å²) >= 11 is 0. The molecule has 112 valence electrons. The molecule has 0 unspecified atom stereocenters. The van der Waals surface area contributed by atoms with Crippen LogP contribution < -0.4 is 11.1 Å². The summed E-state index contributed by atoms with van der Waals surface area (Å²) in [5, 5.41) is 6.27. The average Bonchev–Trinajstić information content (AvgIpc) is 2.88. The molecular formula is C14H16F2N4O. The van der Waals surface area contributed by atoms with Gasteiger partial charge < -0.3 is 11.1 Å². The molecule has 2 aromatic rings. The van der Waals surface area contributed by atoms with E-state index in [4.69, 9.17) is 5.73 Å². The van der Waals surface area contributed by atoms with Crippen molar-refractivity contribution in [1.82, 2.24) is 15.1 Å². The lowest BCUT2D eigenvalue weighted by molar-refractivity contribution is 0.0118. The molecule has 0 saturated carbocycles. The topological polar surface area (TPSA) is 72.9 Å². The molecule has 0 aliphatic carbocycles. The second kappa shape index (κ2) is 6.01. The maximum absolute atomic E-state index is 13.0. The van der Waals surface area contributed by atoms with Crippen LogP contribution in [0.25, 0.3) is 5.69 Å². The molecule has 1 aromatic carbocycles. The third kappa shape index (κ3) is 3.63. The number of nitrogens with one attached hydrogen (secondary N) is 1. The van der Waals surface area contributed by atoms with Gasteiger partial charge in [-0.2, -0.15) is 5.10 Å². The predicted octanol–water partition coefficient (Wildman–Crippen LogP) is 1.50. The van der Waals surface area contributed by atoms with Crippen molar-refractivity contribution in [3.63, 3.8) is 0 Å². The van der Waals surface area contributed by atoms with E-state index in [0.717, 1.165) is 11.4 Å². The molecule has 0 atom stereocenters. The van der Waals surface area contributed by atoms with Gasteiger partial charge in [0.2, 0.25) is 0 Å². The average molecular weight is 294 g/mol. The Hall–Kier alpha value is -2.28. The molecule has 0 spiro atoms.